The number of aryl methyl sites for hydroxylation is 2. The second-order valence-electron chi connectivity index (χ2n) is 7.48. The van der Waals surface area contributed by atoms with Gasteiger partial charge in [-0.25, -0.2) is 4.98 Å². The van der Waals surface area contributed by atoms with Gasteiger partial charge in [-0.3, -0.25) is 19.8 Å². The molecule has 1 N–H and O–H groups in total. The first-order valence-corrected chi connectivity index (χ1v) is 10.3. The molecule has 0 saturated heterocycles. The molecule has 0 unspecified atom stereocenters. The van der Waals surface area contributed by atoms with E-state index < -0.39 is 4.92 Å². The molecule has 0 aliphatic carbocycles. The molecule has 152 valence electrons. The first kappa shape index (κ1) is 20.9. The number of non-ortho nitro benzene ring substituents is 1. The zero-order valence-corrected chi connectivity index (χ0v) is 17.9. The van der Waals surface area contributed by atoms with Crippen LogP contribution in [0.5, 0.6) is 0 Å². The normalized spacial score (nSPS) is 11.2. The molecular formula is C21H25N4O3S+. The van der Waals surface area contributed by atoms with Crippen molar-refractivity contribution >= 4 is 38.3 Å². The van der Waals surface area contributed by atoms with E-state index in [4.69, 9.17) is 4.98 Å². The predicted molar refractivity (Wildman–Crippen MR) is 116 cm³/mol. The van der Waals surface area contributed by atoms with Crippen LogP contribution in [0.2, 0.25) is 0 Å². The smallest absolute Gasteiger partial charge is 0.270 e. The number of nitro groups is 1. The molecule has 29 heavy (non-hydrogen) atoms. The van der Waals surface area contributed by atoms with Gasteiger partial charge in [0.15, 0.2) is 5.13 Å². The minimum absolute atomic E-state index is 0.0934. The van der Waals surface area contributed by atoms with Crippen molar-refractivity contribution in [1.29, 1.82) is 0 Å². The maximum Gasteiger partial charge on any atom is 0.270 e. The molecule has 2 aromatic carbocycles. The molecule has 0 bridgehead atoms. The number of hydrogen-bond donors (Lipinski definition) is 1. The van der Waals surface area contributed by atoms with Gasteiger partial charge < -0.3 is 4.90 Å². The molecule has 3 rings (SSSR count). The average Bonchev–Trinajstić information content (AvgIpc) is 3.07. The third kappa shape index (κ3) is 4.78. The summed E-state index contributed by atoms with van der Waals surface area (Å²) in [6.45, 7) is 5.51. The fourth-order valence-electron chi connectivity index (χ4n) is 3.07. The Kier molecular flexibility index (Phi) is 6.24. The summed E-state index contributed by atoms with van der Waals surface area (Å²) in [6, 6.07) is 9.99. The maximum absolute atomic E-state index is 13.3. The summed E-state index contributed by atoms with van der Waals surface area (Å²) in [5.41, 5.74) is 3.40. The number of rotatable bonds is 7. The molecule has 1 heterocycles. The predicted octanol–water partition coefficient (Wildman–Crippen LogP) is 3.00. The van der Waals surface area contributed by atoms with Gasteiger partial charge in [0, 0.05) is 30.7 Å². The van der Waals surface area contributed by atoms with Crippen LogP contribution in [0.4, 0.5) is 10.8 Å². The topological polar surface area (TPSA) is 80.8 Å². The number of anilines is 1. The van der Waals surface area contributed by atoms with Crippen LogP contribution in [0.25, 0.3) is 10.2 Å². The van der Waals surface area contributed by atoms with Crippen molar-refractivity contribution in [2.24, 2.45) is 0 Å². The van der Waals surface area contributed by atoms with Gasteiger partial charge in [0.05, 0.1) is 35.8 Å². The molecule has 1 aromatic heterocycles. The Hall–Kier alpha value is -2.84. The van der Waals surface area contributed by atoms with Crippen molar-refractivity contribution in [2.75, 3.05) is 32.1 Å². The third-order valence-electron chi connectivity index (χ3n) is 4.83. The highest BCUT2D eigenvalue weighted by molar-refractivity contribution is 7.22. The lowest BCUT2D eigenvalue weighted by Crippen LogP contribution is -3.05. The van der Waals surface area contributed by atoms with Crippen molar-refractivity contribution in [1.82, 2.24) is 4.98 Å². The number of quaternary nitrogens is 1. The number of fused-ring (bicyclic) bond motifs is 1. The lowest BCUT2D eigenvalue weighted by molar-refractivity contribution is -0.858. The fraction of sp³-hybridized carbons (Fsp3) is 0.333. The molecule has 0 spiro atoms. The van der Waals surface area contributed by atoms with E-state index in [0.717, 1.165) is 28.7 Å². The van der Waals surface area contributed by atoms with Crippen LogP contribution in [0.3, 0.4) is 0 Å². The Labute approximate surface area is 173 Å². The van der Waals surface area contributed by atoms with E-state index in [2.05, 4.69) is 27.1 Å². The summed E-state index contributed by atoms with van der Waals surface area (Å²) in [5, 5.41) is 11.7. The number of nitrogens with one attached hydrogen (secondary N) is 1. The van der Waals surface area contributed by atoms with Crippen LogP contribution < -0.4 is 9.80 Å². The van der Waals surface area contributed by atoms with Crippen LogP contribution in [-0.4, -0.2) is 43.0 Å². The van der Waals surface area contributed by atoms with E-state index in [-0.39, 0.29) is 11.6 Å². The Morgan fingerprint density at radius 1 is 1.21 bits per heavy atom. The van der Waals surface area contributed by atoms with E-state index >= 15 is 0 Å². The highest BCUT2D eigenvalue weighted by atomic mass is 32.1. The third-order valence-corrected chi connectivity index (χ3v) is 5.87. The molecule has 7 nitrogen and oxygen atoms in total. The number of nitro benzene ring substituents is 1. The summed E-state index contributed by atoms with van der Waals surface area (Å²) in [7, 11) is 4.13. The first-order valence-electron chi connectivity index (χ1n) is 9.49. The Balaban J connectivity index is 1.99. The minimum Gasteiger partial charge on any atom is -0.340 e. The van der Waals surface area contributed by atoms with Gasteiger partial charge >= 0.3 is 0 Å². The van der Waals surface area contributed by atoms with Crippen LogP contribution in [0.15, 0.2) is 36.4 Å². The average molecular weight is 414 g/mol. The van der Waals surface area contributed by atoms with Gasteiger partial charge in [-0.05, 0) is 43.2 Å². The number of aromatic nitrogens is 1. The summed E-state index contributed by atoms with van der Waals surface area (Å²) in [5.74, 6) is -0.269. The van der Waals surface area contributed by atoms with Crippen molar-refractivity contribution in [3.8, 4) is 0 Å². The van der Waals surface area contributed by atoms with Gasteiger partial charge in [0.1, 0.15) is 0 Å². The molecule has 0 atom stereocenters. The van der Waals surface area contributed by atoms with E-state index in [1.807, 2.05) is 13.0 Å². The number of amides is 1. The van der Waals surface area contributed by atoms with Gasteiger partial charge in [-0.15, -0.1) is 0 Å². The summed E-state index contributed by atoms with van der Waals surface area (Å²) in [6.07, 6.45) is 0.803. The number of hydrogen-bond acceptors (Lipinski definition) is 5. The second-order valence-corrected chi connectivity index (χ2v) is 8.48. The van der Waals surface area contributed by atoms with E-state index in [9.17, 15) is 14.9 Å². The standard InChI is InChI=1S/C21H24N4O3S/c1-14-11-18-19(12-15(14)2)29-21(22-18)24(10-6-9-23(3)4)20(26)16-7-5-8-17(13-16)25(27)28/h5,7-8,11-13H,6,9-10H2,1-4H3/p+1. The molecule has 3 aromatic rings. The summed E-state index contributed by atoms with van der Waals surface area (Å²) in [4.78, 5) is 31.5. The lowest BCUT2D eigenvalue weighted by atomic mass is 10.1. The molecular weight excluding hydrogens is 388 g/mol. The van der Waals surface area contributed by atoms with Gasteiger partial charge in [-0.1, -0.05) is 17.4 Å². The largest absolute Gasteiger partial charge is 0.340 e. The van der Waals surface area contributed by atoms with Gasteiger partial charge in [-0.2, -0.15) is 0 Å². The number of thiazole rings is 1. The number of benzene rings is 2. The summed E-state index contributed by atoms with van der Waals surface area (Å²) < 4.78 is 1.03. The second kappa shape index (κ2) is 8.67. The van der Waals surface area contributed by atoms with Crippen LogP contribution in [0, 0.1) is 24.0 Å². The maximum atomic E-state index is 13.3. The van der Waals surface area contributed by atoms with Gasteiger partial charge in [0.2, 0.25) is 0 Å². The Morgan fingerprint density at radius 2 is 1.93 bits per heavy atom. The first-order chi connectivity index (χ1) is 13.8. The number of nitrogens with zero attached hydrogens (tertiary/aromatic N) is 3. The molecule has 0 aliphatic rings. The van der Waals surface area contributed by atoms with E-state index in [0.29, 0.717) is 17.2 Å². The van der Waals surface area contributed by atoms with Crippen molar-refractivity contribution in [3.63, 3.8) is 0 Å². The zero-order chi connectivity index (χ0) is 21.1. The monoisotopic (exact) mass is 413 g/mol. The molecule has 0 radical (unpaired) electrons. The molecule has 1 amide bonds. The molecule has 0 saturated carbocycles. The SMILES string of the molecule is Cc1cc2nc(N(CCC[NH+](C)C)C(=O)c3cccc([N+](=O)[O-])c3)sc2cc1C. The van der Waals surface area contributed by atoms with Crippen molar-refractivity contribution in [2.45, 2.75) is 20.3 Å². The van der Waals surface area contributed by atoms with Crippen molar-refractivity contribution in [3.05, 3.63) is 63.2 Å². The molecule has 8 heteroatoms. The van der Waals surface area contributed by atoms with Crippen LogP contribution >= 0.6 is 11.3 Å². The highest BCUT2D eigenvalue weighted by Gasteiger charge is 2.23. The summed E-state index contributed by atoms with van der Waals surface area (Å²) >= 11 is 1.47. The number of carbonyl (C=O) groups is 1. The van der Waals surface area contributed by atoms with E-state index in [1.165, 1.54) is 33.9 Å². The van der Waals surface area contributed by atoms with Crippen molar-refractivity contribution < 1.29 is 14.6 Å². The minimum atomic E-state index is -0.486. The van der Waals surface area contributed by atoms with Crippen LogP contribution in [0.1, 0.15) is 27.9 Å². The Bertz CT molecular complexity index is 1020. The lowest BCUT2D eigenvalue weighted by Gasteiger charge is -2.20. The molecule has 0 aliphatic heterocycles. The highest BCUT2D eigenvalue weighted by Crippen LogP contribution is 2.32. The van der Waals surface area contributed by atoms with Gasteiger partial charge in [0.25, 0.3) is 11.6 Å². The fourth-order valence-corrected chi connectivity index (χ4v) is 4.14. The van der Waals surface area contributed by atoms with E-state index in [1.54, 1.807) is 17.0 Å². The number of carbonyl (C=O) groups excluding carboxylic acids is 1. The Morgan fingerprint density at radius 3 is 2.62 bits per heavy atom. The van der Waals surface area contributed by atoms with Crippen LogP contribution in [-0.2, 0) is 0 Å². The molecule has 0 fully saturated rings. The zero-order valence-electron chi connectivity index (χ0n) is 17.1. The quantitative estimate of drug-likeness (QED) is 0.477.